The van der Waals surface area contributed by atoms with Gasteiger partial charge in [-0.05, 0) is 39.3 Å². The van der Waals surface area contributed by atoms with Gasteiger partial charge in [0.2, 0.25) is 0 Å². The van der Waals surface area contributed by atoms with Crippen LogP contribution in [-0.2, 0) is 11.2 Å². The number of aryl methyl sites for hydroxylation is 1. The summed E-state index contributed by atoms with van der Waals surface area (Å²) in [5.41, 5.74) is 1.40. The maximum Gasteiger partial charge on any atom is 0.410 e. The molecule has 2 aromatic rings. The van der Waals surface area contributed by atoms with E-state index in [0.29, 0.717) is 49.7 Å². The molecule has 1 fully saturated rings. The van der Waals surface area contributed by atoms with Gasteiger partial charge in [0.1, 0.15) is 11.3 Å². The number of fused-ring (bicyclic) bond motifs is 1. The second-order valence-corrected chi connectivity index (χ2v) is 7.79. The molecule has 3 rings (SSSR count). The molecule has 28 heavy (non-hydrogen) atoms. The van der Waals surface area contributed by atoms with Gasteiger partial charge in [-0.15, -0.1) is 0 Å². The van der Waals surface area contributed by atoms with E-state index in [1.165, 1.54) is 0 Å². The molecule has 1 aliphatic heterocycles. The summed E-state index contributed by atoms with van der Waals surface area (Å²) in [5, 5.41) is 0. The lowest BCUT2D eigenvalue weighted by molar-refractivity contribution is 0.0140. The van der Waals surface area contributed by atoms with Gasteiger partial charge in [0.15, 0.2) is 11.4 Å². The second kappa shape index (κ2) is 7.69. The Morgan fingerprint density at radius 3 is 2.36 bits per heavy atom. The van der Waals surface area contributed by atoms with E-state index in [9.17, 15) is 9.59 Å². The number of carbonyl (C=O) groups excluding carboxylic acids is 2. The van der Waals surface area contributed by atoms with Gasteiger partial charge in [-0.3, -0.25) is 9.20 Å². The van der Waals surface area contributed by atoms with E-state index >= 15 is 0 Å². The molecular weight excluding hydrogens is 360 g/mol. The predicted octanol–water partition coefficient (Wildman–Crippen LogP) is 2.60. The molecule has 0 bridgehead atoms. The van der Waals surface area contributed by atoms with Crippen molar-refractivity contribution in [3.8, 4) is 5.75 Å². The van der Waals surface area contributed by atoms with Crippen LogP contribution in [0.3, 0.4) is 0 Å². The average Bonchev–Trinajstić information content (AvgIpc) is 3.04. The van der Waals surface area contributed by atoms with Gasteiger partial charge < -0.3 is 19.3 Å². The highest BCUT2D eigenvalue weighted by molar-refractivity contribution is 5.95. The van der Waals surface area contributed by atoms with E-state index in [1.54, 1.807) is 21.3 Å². The zero-order valence-corrected chi connectivity index (χ0v) is 17.2. The maximum atomic E-state index is 13.2. The number of carbonyl (C=O) groups is 2. The number of ether oxygens (including phenoxy) is 2. The molecule has 0 N–H and O–H groups in total. The molecule has 8 nitrogen and oxygen atoms in total. The Kier molecular flexibility index (Phi) is 5.49. The molecule has 152 valence electrons. The summed E-state index contributed by atoms with van der Waals surface area (Å²) in [4.78, 5) is 33.5. The number of piperazine rings is 1. The fourth-order valence-corrected chi connectivity index (χ4v) is 3.29. The van der Waals surface area contributed by atoms with Crippen molar-refractivity contribution in [2.75, 3.05) is 33.3 Å². The fourth-order valence-electron chi connectivity index (χ4n) is 3.29. The van der Waals surface area contributed by atoms with Crippen LogP contribution in [-0.4, -0.2) is 70.1 Å². The van der Waals surface area contributed by atoms with E-state index in [-0.39, 0.29) is 12.0 Å². The Hall–Kier alpha value is -2.77. The molecule has 0 atom stereocenters. The van der Waals surface area contributed by atoms with E-state index < -0.39 is 5.60 Å². The van der Waals surface area contributed by atoms with Crippen LogP contribution in [0.15, 0.2) is 18.3 Å². The Morgan fingerprint density at radius 2 is 1.79 bits per heavy atom. The highest BCUT2D eigenvalue weighted by Crippen LogP contribution is 2.24. The molecule has 0 aromatic carbocycles. The molecule has 1 saturated heterocycles. The molecule has 2 amide bonds. The summed E-state index contributed by atoms with van der Waals surface area (Å²) in [7, 11) is 1.59. The molecule has 1 aliphatic rings. The Balaban J connectivity index is 1.78. The van der Waals surface area contributed by atoms with Crippen LogP contribution in [0.1, 0.15) is 43.9 Å². The lowest BCUT2D eigenvalue weighted by atomic mass is 10.2. The van der Waals surface area contributed by atoms with Crippen molar-refractivity contribution in [3.63, 3.8) is 0 Å². The molecule has 0 aliphatic carbocycles. The van der Waals surface area contributed by atoms with Crippen molar-refractivity contribution in [2.24, 2.45) is 0 Å². The first-order valence-corrected chi connectivity index (χ1v) is 9.56. The van der Waals surface area contributed by atoms with Crippen LogP contribution < -0.4 is 4.74 Å². The standard InChI is InChI=1S/C20H28N4O4/c1-6-14-16(24-9-7-8-15(27-5)17(24)21-14)18(25)22-10-12-23(13-11-22)19(26)28-20(2,3)4/h7-9H,6,10-13H2,1-5H3. The van der Waals surface area contributed by atoms with Gasteiger partial charge in [-0.2, -0.15) is 0 Å². The number of methoxy groups -OCH3 is 1. The summed E-state index contributed by atoms with van der Waals surface area (Å²) in [5.74, 6) is 0.549. The Bertz CT molecular complexity index is 876. The molecule has 0 radical (unpaired) electrons. The van der Waals surface area contributed by atoms with Gasteiger partial charge in [-0.25, -0.2) is 9.78 Å². The number of pyridine rings is 1. The van der Waals surface area contributed by atoms with Crippen molar-refractivity contribution in [1.82, 2.24) is 19.2 Å². The fraction of sp³-hybridized carbons (Fsp3) is 0.550. The highest BCUT2D eigenvalue weighted by atomic mass is 16.6. The SMILES string of the molecule is CCc1nc2c(OC)cccn2c1C(=O)N1CCN(C(=O)OC(C)(C)C)CC1. The molecule has 0 saturated carbocycles. The predicted molar refractivity (Wildman–Crippen MR) is 105 cm³/mol. The van der Waals surface area contributed by atoms with E-state index in [4.69, 9.17) is 9.47 Å². The molecule has 8 heteroatoms. The number of nitrogens with zero attached hydrogens (tertiary/aromatic N) is 4. The zero-order chi connectivity index (χ0) is 20.5. The van der Waals surface area contributed by atoms with Gasteiger partial charge in [0.25, 0.3) is 5.91 Å². The maximum absolute atomic E-state index is 13.2. The topological polar surface area (TPSA) is 76.4 Å². The first-order valence-electron chi connectivity index (χ1n) is 9.56. The van der Waals surface area contributed by atoms with Crippen LogP contribution >= 0.6 is 0 Å². The third kappa shape index (κ3) is 3.90. The molecule has 0 unspecified atom stereocenters. The number of rotatable bonds is 3. The quantitative estimate of drug-likeness (QED) is 0.808. The van der Waals surface area contributed by atoms with Crippen molar-refractivity contribution in [1.29, 1.82) is 0 Å². The summed E-state index contributed by atoms with van der Waals surface area (Å²) in [6.45, 7) is 9.31. The third-order valence-corrected chi connectivity index (χ3v) is 4.66. The minimum atomic E-state index is -0.532. The van der Waals surface area contributed by atoms with Crippen molar-refractivity contribution >= 4 is 17.6 Å². The largest absolute Gasteiger partial charge is 0.493 e. The normalized spacial score (nSPS) is 15.0. The number of hydrogen-bond donors (Lipinski definition) is 0. The average molecular weight is 388 g/mol. The second-order valence-electron chi connectivity index (χ2n) is 7.79. The van der Waals surface area contributed by atoms with Crippen LogP contribution in [0.5, 0.6) is 5.75 Å². The van der Waals surface area contributed by atoms with Crippen molar-refractivity contribution in [3.05, 3.63) is 29.7 Å². The number of imidazole rings is 1. The van der Waals surface area contributed by atoms with Gasteiger partial charge in [-0.1, -0.05) is 6.92 Å². The van der Waals surface area contributed by atoms with Crippen LogP contribution in [0, 0.1) is 0 Å². The number of amides is 2. The summed E-state index contributed by atoms with van der Waals surface area (Å²) in [6.07, 6.45) is 2.13. The zero-order valence-electron chi connectivity index (χ0n) is 17.2. The number of aromatic nitrogens is 2. The monoisotopic (exact) mass is 388 g/mol. The molecule has 0 spiro atoms. The van der Waals surface area contributed by atoms with Gasteiger partial charge in [0, 0.05) is 32.4 Å². The lowest BCUT2D eigenvalue weighted by Crippen LogP contribution is -2.51. The van der Waals surface area contributed by atoms with Crippen LogP contribution in [0.25, 0.3) is 5.65 Å². The van der Waals surface area contributed by atoms with E-state index in [0.717, 1.165) is 5.69 Å². The lowest BCUT2D eigenvalue weighted by Gasteiger charge is -2.35. The summed E-state index contributed by atoms with van der Waals surface area (Å²) < 4.78 is 12.6. The molecule has 2 aromatic heterocycles. The van der Waals surface area contributed by atoms with Crippen LogP contribution in [0.4, 0.5) is 4.79 Å². The van der Waals surface area contributed by atoms with E-state index in [1.807, 2.05) is 46.0 Å². The van der Waals surface area contributed by atoms with Gasteiger partial charge in [0.05, 0.1) is 12.8 Å². The molecule has 3 heterocycles. The minimum absolute atomic E-state index is 0.0820. The first-order chi connectivity index (χ1) is 13.2. The minimum Gasteiger partial charge on any atom is -0.493 e. The van der Waals surface area contributed by atoms with Crippen molar-refractivity contribution < 1.29 is 19.1 Å². The first kappa shape index (κ1) is 20.0. The van der Waals surface area contributed by atoms with Gasteiger partial charge >= 0.3 is 6.09 Å². The summed E-state index contributed by atoms with van der Waals surface area (Å²) in [6, 6.07) is 3.67. The van der Waals surface area contributed by atoms with Crippen molar-refractivity contribution in [2.45, 2.75) is 39.7 Å². The van der Waals surface area contributed by atoms with E-state index in [2.05, 4.69) is 4.98 Å². The highest BCUT2D eigenvalue weighted by Gasteiger charge is 2.30. The third-order valence-electron chi connectivity index (χ3n) is 4.66. The molecular formula is C20H28N4O4. The number of hydrogen-bond acceptors (Lipinski definition) is 5. The van der Waals surface area contributed by atoms with Crippen LogP contribution in [0.2, 0.25) is 0 Å². The Morgan fingerprint density at radius 1 is 1.14 bits per heavy atom. The smallest absolute Gasteiger partial charge is 0.410 e. The summed E-state index contributed by atoms with van der Waals surface area (Å²) >= 11 is 0. The Labute approximate surface area is 165 Å².